The van der Waals surface area contributed by atoms with Gasteiger partial charge in [-0.15, -0.1) is 0 Å². The number of nitrogens with one attached hydrogen (secondary N) is 1. The van der Waals surface area contributed by atoms with Crippen molar-refractivity contribution in [2.45, 2.75) is 0 Å². The van der Waals surface area contributed by atoms with Crippen LogP contribution in [0.3, 0.4) is 0 Å². The van der Waals surface area contributed by atoms with Crippen LogP contribution in [0, 0.1) is 0 Å². The van der Waals surface area contributed by atoms with Crippen LogP contribution in [-0.4, -0.2) is 37.5 Å². The molecule has 0 saturated heterocycles. The average Bonchev–Trinajstić information content (AvgIpc) is 2.63. The van der Waals surface area contributed by atoms with Crippen LogP contribution in [0.15, 0.2) is 46.9 Å². The lowest BCUT2D eigenvalue weighted by Gasteiger charge is -2.18. The first-order chi connectivity index (χ1) is 12.5. The lowest BCUT2D eigenvalue weighted by atomic mass is 10.1. The van der Waals surface area contributed by atoms with E-state index in [9.17, 15) is 14.4 Å². The molecule has 0 aliphatic carbocycles. The predicted molar refractivity (Wildman–Crippen MR) is 95.5 cm³/mol. The van der Waals surface area contributed by atoms with E-state index in [0.717, 1.165) is 4.47 Å². The van der Waals surface area contributed by atoms with Crippen molar-refractivity contribution in [3.8, 4) is 11.5 Å². The van der Waals surface area contributed by atoms with Crippen molar-refractivity contribution in [3.05, 3.63) is 52.5 Å². The number of amides is 1. The van der Waals surface area contributed by atoms with Gasteiger partial charge in [-0.3, -0.25) is 9.59 Å². The summed E-state index contributed by atoms with van der Waals surface area (Å²) in [6.07, 6.45) is 0. The summed E-state index contributed by atoms with van der Waals surface area (Å²) in [7, 11) is 0. The van der Waals surface area contributed by atoms with Crippen LogP contribution < -0.4 is 14.8 Å². The van der Waals surface area contributed by atoms with Crippen LogP contribution in [0.4, 0.5) is 5.69 Å². The number of halogens is 1. The van der Waals surface area contributed by atoms with Crippen LogP contribution in [0.2, 0.25) is 0 Å². The van der Waals surface area contributed by atoms with Gasteiger partial charge in [0.1, 0.15) is 11.5 Å². The van der Waals surface area contributed by atoms with Gasteiger partial charge in [0.2, 0.25) is 0 Å². The highest BCUT2D eigenvalue weighted by atomic mass is 79.9. The Kier molecular flexibility index (Phi) is 5.52. The molecule has 0 saturated carbocycles. The normalized spacial score (nSPS) is 12.4. The molecule has 1 heterocycles. The largest absolute Gasteiger partial charge is 0.482 e. The lowest BCUT2D eigenvalue weighted by molar-refractivity contribution is -0.144. The Labute approximate surface area is 157 Å². The van der Waals surface area contributed by atoms with Crippen molar-refractivity contribution in [3.63, 3.8) is 0 Å². The Morgan fingerprint density at radius 1 is 1.15 bits per heavy atom. The molecule has 26 heavy (non-hydrogen) atoms. The maximum atomic E-state index is 12.2. The van der Waals surface area contributed by atoms with Gasteiger partial charge in [0.05, 0.1) is 5.69 Å². The molecule has 8 heteroatoms. The molecule has 0 radical (unpaired) electrons. The molecule has 134 valence electrons. The zero-order chi connectivity index (χ0) is 18.5. The van der Waals surface area contributed by atoms with Crippen molar-refractivity contribution in [2.75, 3.05) is 25.1 Å². The van der Waals surface area contributed by atoms with Crippen LogP contribution in [0.1, 0.15) is 10.4 Å². The third kappa shape index (κ3) is 4.60. The number of Topliss-reactive ketones (excluding diaryl/α,β-unsaturated/α-hetero) is 1. The van der Waals surface area contributed by atoms with Crippen molar-refractivity contribution in [1.82, 2.24) is 0 Å². The highest BCUT2D eigenvalue weighted by Gasteiger charge is 2.18. The van der Waals surface area contributed by atoms with E-state index in [4.69, 9.17) is 14.2 Å². The van der Waals surface area contributed by atoms with E-state index in [1.807, 2.05) is 6.07 Å². The summed E-state index contributed by atoms with van der Waals surface area (Å²) in [5.41, 5.74) is 0.715. The number of ether oxygens (including phenoxy) is 3. The Bertz CT molecular complexity index is 867. The van der Waals surface area contributed by atoms with Gasteiger partial charge in [-0.05, 0) is 36.4 Å². The van der Waals surface area contributed by atoms with E-state index in [1.54, 1.807) is 30.3 Å². The predicted octanol–water partition coefficient (Wildman–Crippen LogP) is 2.58. The second-order valence-electron chi connectivity index (χ2n) is 5.38. The lowest BCUT2D eigenvalue weighted by Crippen LogP contribution is -2.25. The Morgan fingerprint density at radius 3 is 2.81 bits per heavy atom. The Morgan fingerprint density at radius 2 is 2.00 bits per heavy atom. The minimum absolute atomic E-state index is 0.0596. The van der Waals surface area contributed by atoms with Gasteiger partial charge in [0, 0.05) is 10.0 Å². The first-order valence-electron chi connectivity index (χ1n) is 7.65. The Hall–Kier alpha value is -2.87. The number of rotatable bonds is 6. The van der Waals surface area contributed by atoms with Gasteiger partial charge in [-0.25, -0.2) is 4.79 Å². The van der Waals surface area contributed by atoms with Crippen LogP contribution in [0.25, 0.3) is 0 Å². The van der Waals surface area contributed by atoms with E-state index in [2.05, 4.69) is 21.2 Å². The van der Waals surface area contributed by atoms with Crippen molar-refractivity contribution in [2.24, 2.45) is 0 Å². The number of ketones is 1. The van der Waals surface area contributed by atoms with Gasteiger partial charge >= 0.3 is 5.97 Å². The highest BCUT2D eigenvalue weighted by molar-refractivity contribution is 9.10. The second kappa shape index (κ2) is 8.01. The number of esters is 1. The zero-order valence-electron chi connectivity index (χ0n) is 13.5. The van der Waals surface area contributed by atoms with Crippen LogP contribution in [0.5, 0.6) is 11.5 Å². The molecular formula is C18H14BrNO6. The summed E-state index contributed by atoms with van der Waals surface area (Å²) >= 11 is 3.30. The number of anilines is 1. The highest BCUT2D eigenvalue weighted by Crippen LogP contribution is 2.28. The fraction of sp³-hybridized carbons (Fsp3) is 0.167. The van der Waals surface area contributed by atoms with Crippen LogP contribution in [-0.2, 0) is 14.3 Å². The van der Waals surface area contributed by atoms with Crippen molar-refractivity contribution >= 4 is 39.3 Å². The molecule has 1 amide bonds. The molecule has 2 aromatic rings. The van der Waals surface area contributed by atoms with E-state index < -0.39 is 18.4 Å². The third-order valence-electron chi connectivity index (χ3n) is 3.45. The maximum absolute atomic E-state index is 12.2. The summed E-state index contributed by atoms with van der Waals surface area (Å²) < 4.78 is 16.3. The van der Waals surface area contributed by atoms with Gasteiger partial charge in [-0.2, -0.15) is 0 Å². The molecule has 1 aliphatic heterocycles. The maximum Gasteiger partial charge on any atom is 0.344 e. The average molecular weight is 420 g/mol. The smallest absolute Gasteiger partial charge is 0.344 e. The molecule has 1 N–H and O–H groups in total. The molecule has 0 atom stereocenters. The van der Waals surface area contributed by atoms with Crippen molar-refractivity contribution < 1.29 is 28.6 Å². The number of fused-ring (bicyclic) bond motifs is 1. The first-order valence-corrected chi connectivity index (χ1v) is 8.44. The fourth-order valence-corrected chi connectivity index (χ4v) is 2.60. The van der Waals surface area contributed by atoms with Gasteiger partial charge in [0.25, 0.3) is 5.91 Å². The van der Waals surface area contributed by atoms with Gasteiger partial charge in [0.15, 0.2) is 25.6 Å². The number of benzene rings is 2. The third-order valence-corrected chi connectivity index (χ3v) is 3.94. The van der Waals surface area contributed by atoms with E-state index in [1.165, 1.54) is 6.07 Å². The van der Waals surface area contributed by atoms with Crippen LogP contribution >= 0.6 is 15.9 Å². The van der Waals surface area contributed by atoms with E-state index in [0.29, 0.717) is 22.7 Å². The monoisotopic (exact) mass is 419 g/mol. The van der Waals surface area contributed by atoms with Crippen molar-refractivity contribution in [1.29, 1.82) is 0 Å². The molecule has 0 unspecified atom stereocenters. The molecule has 0 fully saturated rings. The molecule has 7 nitrogen and oxygen atoms in total. The molecule has 1 aliphatic rings. The molecule has 3 rings (SSSR count). The minimum atomic E-state index is -0.659. The van der Waals surface area contributed by atoms with E-state index in [-0.39, 0.29) is 19.1 Å². The summed E-state index contributed by atoms with van der Waals surface area (Å²) in [5, 5.41) is 2.62. The summed E-state index contributed by atoms with van der Waals surface area (Å²) in [6, 6.07) is 11.6. The number of carbonyl (C=O) groups excluding carboxylic acids is 3. The second-order valence-corrected chi connectivity index (χ2v) is 6.29. The quantitative estimate of drug-likeness (QED) is 0.571. The first kappa shape index (κ1) is 17.9. The summed E-state index contributed by atoms with van der Waals surface area (Å²) in [6.45, 7) is -0.790. The molecule has 0 aromatic heterocycles. The molecule has 0 spiro atoms. The summed E-state index contributed by atoms with van der Waals surface area (Å²) in [5.74, 6) is -0.358. The molecular weight excluding hydrogens is 406 g/mol. The van der Waals surface area contributed by atoms with Gasteiger partial charge in [-0.1, -0.05) is 22.0 Å². The fourth-order valence-electron chi connectivity index (χ4n) is 2.23. The topological polar surface area (TPSA) is 90.9 Å². The standard InChI is InChI=1S/C18H14BrNO6/c19-12-2-1-3-13(7-12)24-10-18(23)26-8-15(21)11-4-5-16-14(6-11)20-17(22)9-25-16/h1-7H,8-10H2,(H,20,22). The zero-order valence-corrected chi connectivity index (χ0v) is 15.1. The van der Waals surface area contributed by atoms with Gasteiger partial charge < -0.3 is 19.5 Å². The SMILES string of the molecule is O=C1COc2ccc(C(=O)COC(=O)COc3cccc(Br)c3)cc2N1. The Balaban J connectivity index is 1.51. The number of hydrogen-bond acceptors (Lipinski definition) is 6. The summed E-state index contributed by atoms with van der Waals surface area (Å²) in [4.78, 5) is 35.2. The number of hydrogen-bond donors (Lipinski definition) is 1. The number of carbonyl (C=O) groups is 3. The minimum Gasteiger partial charge on any atom is -0.482 e. The molecule has 2 aromatic carbocycles. The molecule has 0 bridgehead atoms. The van der Waals surface area contributed by atoms with E-state index >= 15 is 0 Å².